The second-order valence-corrected chi connectivity index (χ2v) is 5.15. The fourth-order valence-corrected chi connectivity index (χ4v) is 2.28. The highest BCUT2D eigenvalue weighted by molar-refractivity contribution is 9.10. The zero-order valence-corrected chi connectivity index (χ0v) is 11.8. The Morgan fingerprint density at radius 2 is 1.74 bits per heavy atom. The standard InChI is InChI=1S/C15H11BrF2O/c1-9-2-3-11(17)6-10(9)7-15(19)13-8-12(18)4-5-14(13)16/h2-6,8H,7H2,1H3. The average Bonchev–Trinajstić information content (AvgIpc) is 2.36. The van der Waals surface area contributed by atoms with Gasteiger partial charge in [0.1, 0.15) is 11.6 Å². The number of carbonyl (C=O) groups is 1. The van der Waals surface area contributed by atoms with Crippen molar-refractivity contribution in [1.82, 2.24) is 0 Å². The van der Waals surface area contributed by atoms with Crippen LogP contribution < -0.4 is 0 Å². The van der Waals surface area contributed by atoms with Crippen molar-refractivity contribution >= 4 is 21.7 Å². The molecule has 0 aliphatic rings. The van der Waals surface area contributed by atoms with Gasteiger partial charge < -0.3 is 0 Å². The van der Waals surface area contributed by atoms with Gasteiger partial charge in [0.2, 0.25) is 0 Å². The third-order valence-electron chi connectivity index (χ3n) is 2.89. The van der Waals surface area contributed by atoms with E-state index in [4.69, 9.17) is 0 Å². The molecule has 4 heteroatoms. The molecule has 0 saturated carbocycles. The molecule has 0 heterocycles. The third kappa shape index (κ3) is 3.26. The SMILES string of the molecule is Cc1ccc(F)cc1CC(=O)c1cc(F)ccc1Br. The summed E-state index contributed by atoms with van der Waals surface area (Å²) in [5.74, 6) is -1.10. The Morgan fingerprint density at radius 3 is 2.47 bits per heavy atom. The molecule has 0 aliphatic carbocycles. The largest absolute Gasteiger partial charge is 0.294 e. The van der Waals surface area contributed by atoms with E-state index in [2.05, 4.69) is 15.9 Å². The summed E-state index contributed by atoms with van der Waals surface area (Å²) >= 11 is 3.22. The van der Waals surface area contributed by atoms with Crippen LogP contribution in [0.2, 0.25) is 0 Å². The molecule has 2 rings (SSSR count). The van der Waals surface area contributed by atoms with Gasteiger partial charge in [0, 0.05) is 16.5 Å². The van der Waals surface area contributed by atoms with E-state index in [1.807, 2.05) is 6.92 Å². The maximum Gasteiger partial charge on any atom is 0.168 e. The molecule has 0 aliphatic heterocycles. The summed E-state index contributed by atoms with van der Waals surface area (Å²) in [4.78, 5) is 12.1. The first-order chi connectivity index (χ1) is 8.97. The predicted octanol–water partition coefficient (Wildman–Crippen LogP) is 4.46. The van der Waals surface area contributed by atoms with Crippen molar-refractivity contribution in [2.75, 3.05) is 0 Å². The topological polar surface area (TPSA) is 17.1 Å². The van der Waals surface area contributed by atoms with Crippen LogP contribution >= 0.6 is 15.9 Å². The highest BCUT2D eigenvalue weighted by atomic mass is 79.9. The number of ketones is 1. The fraction of sp³-hybridized carbons (Fsp3) is 0.133. The van der Waals surface area contributed by atoms with Crippen molar-refractivity contribution in [2.45, 2.75) is 13.3 Å². The van der Waals surface area contributed by atoms with Crippen LogP contribution in [0.15, 0.2) is 40.9 Å². The first-order valence-corrected chi connectivity index (χ1v) is 6.50. The molecule has 0 fully saturated rings. The minimum Gasteiger partial charge on any atom is -0.294 e. The summed E-state index contributed by atoms with van der Waals surface area (Å²) in [6, 6.07) is 8.25. The van der Waals surface area contributed by atoms with Crippen LogP contribution in [-0.4, -0.2) is 5.78 Å². The van der Waals surface area contributed by atoms with Crippen LogP contribution in [0.5, 0.6) is 0 Å². The number of rotatable bonds is 3. The number of carbonyl (C=O) groups excluding carboxylic acids is 1. The molecule has 0 atom stereocenters. The lowest BCUT2D eigenvalue weighted by molar-refractivity contribution is 0.0991. The Hall–Kier alpha value is -1.55. The molecule has 0 amide bonds. The minimum atomic E-state index is -0.470. The lowest BCUT2D eigenvalue weighted by Crippen LogP contribution is -2.06. The Balaban J connectivity index is 2.30. The summed E-state index contributed by atoms with van der Waals surface area (Å²) in [7, 11) is 0. The van der Waals surface area contributed by atoms with E-state index >= 15 is 0 Å². The van der Waals surface area contributed by atoms with Crippen molar-refractivity contribution in [1.29, 1.82) is 0 Å². The molecule has 0 bridgehead atoms. The number of benzene rings is 2. The quantitative estimate of drug-likeness (QED) is 0.762. The highest BCUT2D eigenvalue weighted by Gasteiger charge is 2.13. The molecular formula is C15H11BrF2O. The van der Waals surface area contributed by atoms with Gasteiger partial charge in [0.05, 0.1) is 0 Å². The van der Waals surface area contributed by atoms with Crippen LogP contribution in [0.1, 0.15) is 21.5 Å². The summed E-state index contributed by atoms with van der Waals surface area (Å²) in [6.45, 7) is 1.81. The zero-order chi connectivity index (χ0) is 14.0. The van der Waals surface area contributed by atoms with Crippen LogP contribution in [-0.2, 0) is 6.42 Å². The van der Waals surface area contributed by atoms with Gasteiger partial charge in [-0.05, 0) is 48.4 Å². The molecule has 98 valence electrons. The van der Waals surface area contributed by atoms with Gasteiger partial charge in [0.15, 0.2) is 5.78 Å². The van der Waals surface area contributed by atoms with E-state index in [1.165, 1.54) is 30.3 Å². The average molecular weight is 325 g/mol. The summed E-state index contributed by atoms with van der Waals surface area (Å²) in [6.07, 6.45) is 0.0473. The van der Waals surface area contributed by atoms with E-state index in [1.54, 1.807) is 6.07 Å². The Labute approximate surface area is 118 Å². The first kappa shape index (κ1) is 13.9. The zero-order valence-electron chi connectivity index (χ0n) is 10.2. The fourth-order valence-electron chi connectivity index (χ4n) is 1.81. The number of halogens is 3. The molecule has 0 radical (unpaired) electrons. The maximum atomic E-state index is 13.2. The third-order valence-corrected chi connectivity index (χ3v) is 3.58. The van der Waals surface area contributed by atoms with Gasteiger partial charge in [-0.3, -0.25) is 4.79 Å². The summed E-state index contributed by atoms with van der Waals surface area (Å²) < 4.78 is 26.9. The van der Waals surface area contributed by atoms with Crippen LogP contribution in [0.4, 0.5) is 8.78 Å². The predicted molar refractivity (Wildman–Crippen MR) is 73.3 cm³/mol. The molecule has 0 N–H and O–H groups in total. The van der Waals surface area contributed by atoms with E-state index in [0.717, 1.165) is 5.56 Å². The molecule has 19 heavy (non-hydrogen) atoms. The van der Waals surface area contributed by atoms with Crippen molar-refractivity contribution in [3.05, 3.63) is 69.2 Å². The van der Waals surface area contributed by atoms with E-state index < -0.39 is 5.82 Å². The number of Topliss-reactive ketones (excluding diaryl/α,β-unsaturated/α-hetero) is 1. The van der Waals surface area contributed by atoms with Gasteiger partial charge >= 0.3 is 0 Å². The number of hydrogen-bond acceptors (Lipinski definition) is 1. The second-order valence-electron chi connectivity index (χ2n) is 4.29. The smallest absolute Gasteiger partial charge is 0.168 e. The van der Waals surface area contributed by atoms with Gasteiger partial charge in [0.25, 0.3) is 0 Å². The van der Waals surface area contributed by atoms with Crippen molar-refractivity contribution < 1.29 is 13.6 Å². The molecular weight excluding hydrogens is 314 g/mol. The second kappa shape index (κ2) is 5.61. The molecule has 2 aromatic rings. The highest BCUT2D eigenvalue weighted by Crippen LogP contribution is 2.21. The summed E-state index contributed by atoms with van der Waals surface area (Å²) in [5, 5.41) is 0. The monoisotopic (exact) mass is 324 g/mol. The Morgan fingerprint density at radius 1 is 1.11 bits per heavy atom. The Kier molecular flexibility index (Phi) is 4.10. The molecule has 2 aromatic carbocycles. The van der Waals surface area contributed by atoms with E-state index in [9.17, 15) is 13.6 Å². The molecule has 0 spiro atoms. The van der Waals surface area contributed by atoms with Crippen LogP contribution in [0.25, 0.3) is 0 Å². The van der Waals surface area contributed by atoms with Crippen molar-refractivity contribution in [3.63, 3.8) is 0 Å². The van der Waals surface area contributed by atoms with Crippen LogP contribution in [0, 0.1) is 18.6 Å². The van der Waals surface area contributed by atoms with Gasteiger partial charge in [-0.2, -0.15) is 0 Å². The molecule has 0 unspecified atom stereocenters. The number of hydrogen-bond donors (Lipinski definition) is 0. The molecule has 0 saturated heterocycles. The molecule has 0 aromatic heterocycles. The van der Waals surface area contributed by atoms with Crippen molar-refractivity contribution in [3.8, 4) is 0 Å². The van der Waals surface area contributed by atoms with Gasteiger partial charge in [-0.25, -0.2) is 8.78 Å². The first-order valence-electron chi connectivity index (χ1n) is 5.70. The van der Waals surface area contributed by atoms with Crippen LogP contribution in [0.3, 0.4) is 0 Å². The minimum absolute atomic E-state index is 0.0473. The lowest BCUT2D eigenvalue weighted by atomic mass is 9.99. The van der Waals surface area contributed by atoms with E-state index in [-0.39, 0.29) is 23.6 Å². The van der Waals surface area contributed by atoms with E-state index in [0.29, 0.717) is 10.0 Å². The Bertz CT molecular complexity index is 638. The lowest BCUT2D eigenvalue weighted by Gasteiger charge is -2.07. The maximum absolute atomic E-state index is 13.2. The normalized spacial score (nSPS) is 10.5. The number of aryl methyl sites for hydroxylation is 1. The van der Waals surface area contributed by atoms with Crippen molar-refractivity contribution in [2.24, 2.45) is 0 Å². The molecule has 1 nitrogen and oxygen atoms in total. The summed E-state index contributed by atoms with van der Waals surface area (Å²) in [5.41, 5.74) is 1.71. The van der Waals surface area contributed by atoms with Gasteiger partial charge in [-0.15, -0.1) is 0 Å². The van der Waals surface area contributed by atoms with Gasteiger partial charge in [-0.1, -0.05) is 22.0 Å².